The van der Waals surface area contributed by atoms with Crippen molar-refractivity contribution in [2.24, 2.45) is 4.99 Å². The van der Waals surface area contributed by atoms with Gasteiger partial charge in [0, 0.05) is 32.4 Å². The van der Waals surface area contributed by atoms with Gasteiger partial charge in [-0.05, 0) is 63.0 Å². The molecule has 1 aliphatic heterocycles. The zero-order valence-electron chi connectivity index (χ0n) is 25.5. The smallest absolute Gasteiger partial charge is 0.240 e. The Hall–Kier alpha value is -3.46. The van der Waals surface area contributed by atoms with Gasteiger partial charge >= 0.3 is 0 Å². The van der Waals surface area contributed by atoms with E-state index >= 15 is 0 Å². The highest BCUT2D eigenvalue weighted by Gasteiger charge is 2.31. The minimum absolute atomic E-state index is 0.0223. The fourth-order valence-corrected chi connectivity index (χ4v) is 5.64. The summed E-state index contributed by atoms with van der Waals surface area (Å²) in [6, 6.07) is 6.14. The molecule has 2 N–H and O–H groups in total. The number of carbonyl (C=O) groups is 1. The van der Waals surface area contributed by atoms with Gasteiger partial charge in [-0.25, -0.2) is 9.97 Å². The average molecular weight is 562 g/mol. The Morgan fingerprint density at radius 2 is 1.88 bits per heavy atom. The van der Waals surface area contributed by atoms with Crippen LogP contribution in [0.15, 0.2) is 29.5 Å². The highest BCUT2D eigenvalue weighted by molar-refractivity contribution is 6.06. The first kappa shape index (κ1) is 30.5. The second kappa shape index (κ2) is 14.4. The molecule has 0 radical (unpaired) electrons. The minimum Gasteiger partial charge on any atom is -0.494 e. The lowest BCUT2D eigenvalue weighted by molar-refractivity contribution is -0.137. The van der Waals surface area contributed by atoms with Crippen LogP contribution in [-0.2, 0) is 11.2 Å². The fourth-order valence-electron chi connectivity index (χ4n) is 5.64. The molecule has 1 aliphatic rings. The van der Waals surface area contributed by atoms with Crippen LogP contribution < -0.4 is 4.90 Å². The van der Waals surface area contributed by atoms with Crippen LogP contribution in [0.3, 0.4) is 0 Å². The molecule has 1 atom stereocenters. The van der Waals surface area contributed by atoms with E-state index in [1.807, 2.05) is 11.0 Å². The molecule has 1 saturated heterocycles. The highest BCUT2D eigenvalue weighted by Crippen LogP contribution is 2.32. The van der Waals surface area contributed by atoms with Crippen molar-refractivity contribution in [3.05, 3.63) is 41.2 Å². The molecule has 4 rings (SSSR count). The van der Waals surface area contributed by atoms with Crippen molar-refractivity contribution in [3.8, 4) is 5.88 Å². The van der Waals surface area contributed by atoms with Gasteiger partial charge in [-0.2, -0.15) is 0 Å². The molecule has 3 aromatic rings. The molecule has 1 fully saturated rings. The monoisotopic (exact) mass is 561 g/mol. The summed E-state index contributed by atoms with van der Waals surface area (Å²) in [4.78, 5) is 36.8. The van der Waals surface area contributed by atoms with Crippen LogP contribution in [0.5, 0.6) is 5.88 Å². The maximum atomic E-state index is 13.6. The van der Waals surface area contributed by atoms with Crippen molar-refractivity contribution < 1.29 is 9.90 Å². The van der Waals surface area contributed by atoms with Crippen LogP contribution in [-0.4, -0.2) is 87.8 Å². The topological polar surface area (TPSA) is 101 Å². The number of carbonyl (C=O) groups excluding carboxylic acids is 1. The number of unbranched alkanes of at least 4 members (excludes halogenated alkanes) is 2. The van der Waals surface area contributed by atoms with Gasteiger partial charge in [0.05, 0.1) is 22.7 Å². The third kappa shape index (κ3) is 7.25. The van der Waals surface area contributed by atoms with Gasteiger partial charge in [0.2, 0.25) is 5.91 Å². The summed E-state index contributed by atoms with van der Waals surface area (Å²) in [7, 11) is 2.09. The number of anilines is 1. The van der Waals surface area contributed by atoms with E-state index in [2.05, 4.69) is 71.6 Å². The summed E-state index contributed by atoms with van der Waals surface area (Å²) in [5.41, 5.74) is 4.54. The normalized spacial score (nSPS) is 15.0. The number of fused-ring (bicyclic) bond motifs is 1. The molecule has 9 nitrogen and oxygen atoms in total. The number of amides is 1. The molecular formula is C32H47N7O2. The standard InChI is InChI=1S/C32H47N7O2/c1-6-9-12-27(37(5)15-10-7-2)32(41)39-18-16-38(17-19-39)30-28-26(31(40)36-29(28)34-22-35-30)21-33-25-14-13-23(4)24(20-25)11-8-3/h13-14,20-22,27,40H,6-12,15-19H2,1-5H3,(H,34,35,36). The number of H-pyrrole nitrogens is 1. The van der Waals surface area contributed by atoms with Crippen LogP contribution in [0.25, 0.3) is 11.0 Å². The van der Waals surface area contributed by atoms with Crippen molar-refractivity contribution in [2.75, 3.05) is 44.7 Å². The lowest BCUT2D eigenvalue weighted by atomic mass is 10.0. The third-order valence-electron chi connectivity index (χ3n) is 8.19. The van der Waals surface area contributed by atoms with Gasteiger partial charge < -0.3 is 19.9 Å². The number of rotatable bonds is 13. The van der Waals surface area contributed by atoms with E-state index in [1.165, 1.54) is 17.5 Å². The molecule has 222 valence electrons. The largest absolute Gasteiger partial charge is 0.494 e. The Bertz CT molecular complexity index is 1330. The molecule has 41 heavy (non-hydrogen) atoms. The number of benzene rings is 1. The summed E-state index contributed by atoms with van der Waals surface area (Å²) in [6.07, 6.45) is 10.6. The third-order valence-corrected chi connectivity index (χ3v) is 8.19. The quantitative estimate of drug-likeness (QED) is 0.263. The van der Waals surface area contributed by atoms with Crippen LogP contribution in [0.2, 0.25) is 0 Å². The van der Waals surface area contributed by atoms with Crippen molar-refractivity contribution >= 4 is 34.7 Å². The van der Waals surface area contributed by atoms with E-state index in [4.69, 9.17) is 4.99 Å². The van der Waals surface area contributed by atoms with Gasteiger partial charge in [0.15, 0.2) is 5.88 Å². The van der Waals surface area contributed by atoms with E-state index in [1.54, 1.807) is 6.21 Å². The average Bonchev–Trinajstić information content (AvgIpc) is 3.31. The Labute approximate surface area is 244 Å². The summed E-state index contributed by atoms with van der Waals surface area (Å²) < 4.78 is 0. The fraction of sp³-hybridized carbons (Fsp3) is 0.562. The van der Waals surface area contributed by atoms with Gasteiger partial charge in [0.1, 0.15) is 17.8 Å². The second-order valence-electron chi connectivity index (χ2n) is 11.2. The van der Waals surface area contributed by atoms with Crippen molar-refractivity contribution in [1.29, 1.82) is 0 Å². The van der Waals surface area contributed by atoms with Crippen molar-refractivity contribution in [3.63, 3.8) is 0 Å². The van der Waals surface area contributed by atoms with Gasteiger partial charge in [-0.15, -0.1) is 0 Å². The van der Waals surface area contributed by atoms with Crippen LogP contribution in [0.1, 0.15) is 76.0 Å². The number of piperazine rings is 1. The predicted molar refractivity (Wildman–Crippen MR) is 168 cm³/mol. The van der Waals surface area contributed by atoms with Crippen molar-refractivity contribution in [2.45, 2.75) is 78.7 Å². The predicted octanol–water partition coefficient (Wildman–Crippen LogP) is 5.61. The number of aromatic amines is 1. The first-order valence-corrected chi connectivity index (χ1v) is 15.3. The number of nitrogens with zero attached hydrogens (tertiary/aromatic N) is 6. The molecule has 9 heteroatoms. The summed E-state index contributed by atoms with van der Waals surface area (Å²) in [5, 5.41) is 11.5. The zero-order valence-corrected chi connectivity index (χ0v) is 25.5. The lowest BCUT2D eigenvalue weighted by Crippen LogP contribution is -2.54. The number of likely N-dealkylation sites (N-methyl/N-ethyl adjacent to an activating group) is 1. The molecule has 2 aromatic heterocycles. The van der Waals surface area contributed by atoms with Gasteiger partial charge in [-0.3, -0.25) is 14.7 Å². The van der Waals surface area contributed by atoms with E-state index in [0.717, 1.165) is 68.4 Å². The number of hydrogen-bond donors (Lipinski definition) is 2. The number of aryl methyl sites for hydroxylation is 2. The first-order valence-electron chi connectivity index (χ1n) is 15.3. The SMILES string of the molecule is CCCCC(C(=O)N1CCN(c2ncnc3[nH]c(O)c(C=Nc4ccc(C)c(CCC)c4)c23)CC1)N(C)CCCC. The van der Waals surface area contributed by atoms with Gasteiger partial charge in [-0.1, -0.05) is 52.5 Å². The summed E-state index contributed by atoms with van der Waals surface area (Å²) in [5.74, 6) is 1.00. The number of aliphatic imine (C=N–C) groups is 1. The number of hydrogen-bond acceptors (Lipinski definition) is 7. The summed E-state index contributed by atoms with van der Waals surface area (Å²) >= 11 is 0. The highest BCUT2D eigenvalue weighted by atomic mass is 16.3. The maximum Gasteiger partial charge on any atom is 0.240 e. The molecular weight excluding hydrogens is 514 g/mol. The Morgan fingerprint density at radius 3 is 2.59 bits per heavy atom. The molecule has 1 unspecified atom stereocenters. The maximum absolute atomic E-state index is 13.6. The summed E-state index contributed by atoms with van der Waals surface area (Å²) in [6.45, 7) is 12.2. The number of aromatic nitrogens is 3. The molecule has 0 saturated carbocycles. The van der Waals surface area contributed by atoms with Crippen molar-refractivity contribution in [1.82, 2.24) is 24.8 Å². The molecule has 3 heterocycles. The van der Waals surface area contributed by atoms with E-state index in [9.17, 15) is 9.90 Å². The Morgan fingerprint density at radius 1 is 1.12 bits per heavy atom. The molecule has 1 amide bonds. The Balaban J connectivity index is 1.52. The lowest BCUT2D eigenvalue weighted by Gasteiger charge is -2.39. The van der Waals surface area contributed by atoms with E-state index < -0.39 is 0 Å². The van der Waals surface area contributed by atoms with Crippen LogP contribution in [0, 0.1) is 6.92 Å². The van der Waals surface area contributed by atoms with E-state index in [-0.39, 0.29) is 17.8 Å². The minimum atomic E-state index is -0.0668. The van der Waals surface area contributed by atoms with Gasteiger partial charge in [0.25, 0.3) is 0 Å². The molecule has 1 aromatic carbocycles. The zero-order chi connectivity index (χ0) is 29.4. The first-order chi connectivity index (χ1) is 19.9. The van der Waals surface area contributed by atoms with Crippen LogP contribution in [0.4, 0.5) is 11.5 Å². The molecule has 0 aliphatic carbocycles. The molecule has 0 bridgehead atoms. The Kier molecular flexibility index (Phi) is 10.7. The van der Waals surface area contributed by atoms with Crippen LogP contribution >= 0.6 is 0 Å². The number of aromatic hydroxyl groups is 1. The van der Waals surface area contributed by atoms with E-state index in [0.29, 0.717) is 37.4 Å². The number of nitrogens with one attached hydrogen (secondary N) is 1. The molecule has 0 spiro atoms. The second-order valence-corrected chi connectivity index (χ2v) is 11.2.